The van der Waals surface area contributed by atoms with Gasteiger partial charge in [-0.3, -0.25) is 14.9 Å². The quantitative estimate of drug-likeness (QED) is 0.625. The van der Waals surface area contributed by atoms with Gasteiger partial charge in [-0.2, -0.15) is 5.26 Å². The fourth-order valence-electron chi connectivity index (χ4n) is 2.58. The molecule has 3 rings (SSSR count). The van der Waals surface area contributed by atoms with Gasteiger partial charge in [-0.25, -0.2) is 0 Å². The summed E-state index contributed by atoms with van der Waals surface area (Å²) in [4.78, 5) is 22.4. The van der Waals surface area contributed by atoms with Crippen LogP contribution >= 0.6 is 0 Å². The third-order valence-electron chi connectivity index (χ3n) is 3.72. The summed E-state index contributed by atoms with van der Waals surface area (Å²) in [5.74, 6) is -1.30. The Morgan fingerprint density at radius 3 is 2.60 bits per heavy atom. The molecule has 1 aliphatic heterocycles. The average molecular weight is 341 g/mol. The van der Waals surface area contributed by atoms with E-state index >= 15 is 0 Å². The minimum Gasteiger partial charge on any atom is -0.458 e. The number of fused-ring (bicyclic) bond motifs is 1. The normalized spacial score (nSPS) is 15.9. The number of nitriles is 1. The van der Waals surface area contributed by atoms with E-state index < -0.39 is 22.9 Å². The van der Waals surface area contributed by atoms with E-state index in [1.165, 1.54) is 24.3 Å². The van der Waals surface area contributed by atoms with Gasteiger partial charge in [-0.15, -0.1) is 0 Å². The van der Waals surface area contributed by atoms with Crippen molar-refractivity contribution in [3.05, 3.63) is 79.2 Å². The van der Waals surface area contributed by atoms with E-state index in [1.807, 2.05) is 6.07 Å². The average Bonchev–Trinajstić information content (AvgIpc) is 2.61. The summed E-state index contributed by atoms with van der Waals surface area (Å²) in [5.41, 5.74) is 5.51. The van der Waals surface area contributed by atoms with E-state index in [4.69, 9.17) is 14.9 Å². The van der Waals surface area contributed by atoms with Crippen molar-refractivity contribution in [3.8, 4) is 11.8 Å². The van der Waals surface area contributed by atoms with Crippen LogP contribution in [0.4, 0.5) is 5.69 Å². The van der Waals surface area contributed by atoms with Crippen molar-refractivity contribution in [2.24, 2.45) is 5.73 Å². The molecular weight excluding hydrogens is 330 g/mol. The van der Waals surface area contributed by atoms with Crippen LogP contribution in [0.5, 0.6) is 5.75 Å². The molecule has 1 aliphatic rings. The molecule has 2 aromatic rings. The second-order valence-corrected chi connectivity index (χ2v) is 5.20. The smallest absolute Gasteiger partial charge is 0.269 e. The number of aliphatic hydroxyl groups excluding tert-OH is 1. The molecule has 9 heteroatoms. The zero-order valence-electron chi connectivity index (χ0n) is 12.6. The summed E-state index contributed by atoms with van der Waals surface area (Å²) in [6.45, 7) is -0.517. The topological polar surface area (TPSA) is 153 Å². The number of ether oxygens (including phenoxy) is 1. The Morgan fingerprint density at radius 2 is 2.04 bits per heavy atom. The van der Waals surface area contributed by atoms with Crippen LogP contribution in [-0.4, -0.2) is 10.0 Å². The number of allylic oxidation sites excluding steroid dienone is 1. The lowest BCUT2D eigenvalue weighted by atomic mass is 9.87. The van der Waals surface area contributed by atoms with Crippen LogP contribution in [0.2, 0.25) is 0 Å². The molecule has 3 N–H and O–H groups in total. The van der Waals surface area contributed by atoms with E-state index in [2.05, 4.69) is 0 Å². The molecule has 2 heterocycles. The molecule has 25 heavy (non-hydrogen) atoms. The van der Waals surface area contributed by atoms with E-state index in [-0.39, 0.29) is 34.4 Å². The largest absolute Gasteiger partial charge is 0.458 e. The molecule has 0 fully saturated rings. The molecule has 0 spiro atoms. The lowest BCUT2D eigenvalue weighted by Crippen LogP contribution is -2.25. The van der Waals surface area contributed by atoms with E-state index in [0.29, 0.717) is 5.56 Å². The molecular formula is C16H11N3O6. The predicted octanol–water partition coefficient (Wildman–Crippen LogP) is 1.26. The highest BCUT2D eigenvalue weighted by molar-refractivity contribution is 5.52. The van der Waals surface area contributed by atoms with Crippen LogP contribution in [0.25, 0.3) is 0 Å². The van der Waals surface area contributed by atoms with Crippen molar-refractivity contribution < 1.29 is 19.2 Å². The number of nitro benzene ring substituents is 1. The zero-order chi connectivity index (χ0) is 18.1. The maximum absolute atomic E-state index is 12.2. The third-order valence-corrected chi connectivity index (χ3v) is 3.72. The number of nitrogens with two attached hydrogens (primary N) is 1. The Labute approximate surface area is 140 Å². The number of non-ortho nitro benzene ring substituents is 1. The van der Waals surface area contributed by atoms with Crippen LogP contribution in [0, 0.1) is 21.4 Å². The summed E-state index contributed by atoms with van der Waals surface area (Å²) < 4.78 is 10.7. The summed E-state index contributed by atoms with van der Waals surface area (Å²) in [5, 5.41) is 29.5. The molecule has 0 radical (unpaired) electrons. The van der Waals surface area contributed by atoms with Crippen molar-refractivity contribution in [2.45, 2.75) is 12.5 Å². The van der Waals surface area contributed by atoms with Gasteiger partial charge in [0.2, 0.25) is 17.1 Å². The summed E-state index contributed by atoms with van der Waals surface area (Å²) >= 11 is 0. The van der Waals surface area contributed by atoms with Gasteiger partial charge in [-0.05, 0) is 5.56 Å². The van der Waals surface area contributed by atoms with Crippen molar-refractivity contribution in [3.63, 3.8) is 0 Å². The van der Waals surface area contributed by atoms with Crippen molar-refractivity contribution in [1.82, 2.24) is 0 Å². The monoisotopic (exact) mass is 341 g/mol. The molecule has 1 unspecified atom stereocenters. The Hall–Kier alpha value is -3.64. The molecule has 0 saturated carbocycles. The lowest BCUT2D eigenvalue weighted by Gasteiger charge is -2.24. The van der Waals surface area contributed by atoms with Crippen LogP contribution in [-0.2, 0) is 6.61 Å². The predicted molar refractivity (Wildman–Crippen MR) is 83.3 cm³/mol. The molecule has 0 amide bonds. The van der Waals surface area contributed by atoms with E-state index in [1.54, 1.807) is 0 Å². The maximum Gasteiger partial charge on any atom is 0.269 e. The number of aliphatic hydroxyl groups is 1. The van der Waals surface area contributed by atoms with Crippen molar-refractivity contribution >= 4 is 5.69 Å². The summed E-state index contributed by atoms with van der Waals surface area (Å²) in [7, 11) is 0. The van der Waals surface area contributed by atoms with Crippen molar-refractivity contribution in [1.29, 1.82) is 5.26 Å². The van der Waals surface area contributed by atoms with Crippen LogP contribution in [0.1, 0.15) is 23.0 Å². The fourth-order valence-corrected chi connectivity index (χ4v) is 2.58. The highest BCUT2D eigenvalue weighted by atomic mass is 16.6. The molecule has 0 aliphatic carbocycles. The highest BCUT2D eigenvalue weighted by Crippen LogP contribution is 2.41. The van der Waals surface area contributed by atoms with Crippen molar-refractivity contribution in [2.75, 3.05) is 0 Å². The van der Waals surface area contributed by atoms with Gasteiger partial charge < -0.3 is 20.0 Å². The molecule has 1 atom stereocenters. The molecule has 1 aromatic heterocycles. The van der Waals surface area contributed by atoms with Gasteiger partial charge in [0.15, 0.2) is 5.76 Å². The minimum absolute atomic E-state index is 0.000377. The molecule has 126 valence electrons. The minimum atomic E-state index is -0.881. The van der Waals surface area contributed by atoms with Crippen LogP contribution in [0.3, 0.4) is 0 Å². The van der Waals surface area contributed by atoms with E-state index in [9.17, 15) is 25.3 Å². The molecule has 1 aromatic carbocycles. The SMILES string of the molecule is N#CC1=C(N)Oc2c(oc(CO)cc2=O)C1c1ccc([N+](=O)[O-])cc1. The van der Waals surface area contributed by atoms with Gasteiger partial charge in [-0.1, -0.05) is 12.1 Å². The first-order valence-corrected chi connectivity index (χ1v) is 7.06. The van der Waals surface area contributed by atoms with Gasteiger partial charge in [0, 0.05) is 18.2 Å². The Morgan fingerprint density at radius 1 is 1.36 bits per heavy atom. The second kappa shape index (κ2) is 6.10. The number of rotatable bonds is 3. The zero-order valence-corrected chi connectivity index (χ0v) is 12.6. The van der Waals surface area contributed by atoms with E-state index in [0.717, 1.165) is 6.07 Å². The summed E-state index contributed by atoms with van der Waals surface area (Å²) in [6, 6.07) is 8.39. The second-order valence-electron chi connectivity index (χ2n) is 5.20. The van der Waals surface area contributed by atoms with Gasteiger partial charge in [0.05, 0.1) is 10.8 Å². The first kappa shape index (κ1) is 16.2. The fraction of sp³-hybridized carbons (Fsp3) is 0.125. The molecule has 9 nitrogen and oxygen atoms in total. The lowest BCUT2D eigenvalue weighted by molar-refractivity contribution is -0.384. The Kier molecular flexibility index (Phi) is 3.96. The van der Waals surface area contributed by atoms with Gasteiger partial charge >= 0.3 is 0 Å². The Bertz CT molecular complexity index is 984. The third kappa shape index (κ3) is 2.71. The van der Waals surface area contributed by atoms with Crippen LogP contribution < -0.4 is 15.9 Å². The standard InChI is InChI=1S/C16H11N3O6/c17-6-11-13(8-1-3-9(4-2-8)19(22)23)15-14(25-16(11)18)12(21)5-10(7-20)24-15/h1-5,13,20H,7,18H2. The first-order chi connectivity index (χ1) is 12.0. The first-order valence-electron chi connectivity index (χ1n) is 7.06. The van der Waals surface area contributed by atoms with Gasteiger partial charge in [0.25, 0.3) is 5.69 Å². The van der Waals surface area contributed by atoms with Gasteiger partial charge in [0.1, 0.15) is 24.0 Å². The number of benzene rings is 1. The number of hydrogen-bond acceptors (Lipinski definition) is 8. The number of nitrogens with zero attached hydrogens (tertiary/aromatic N) is 2. The molecule has 0 bridgehead atoms. The Balaban J connectivity index is 2.23. The number of nitro groups is 1. The maximum atomic E-state index is 12.2. The highest BCUT2D eigenvalue weighted by Gasteiger charge is 2.35. The van der Waals surface area contributed by atoms with Crippen LogP contribution in [0.15, 0.2) is 51.0 Å². The summed E-state index contributed by atoms with van der Waals surface area (Å²) in [6.07, 6.45) is 0. The number of hydrogen-bond donors (Lipinski definition) is 2. The molecule has 0 saturated heterocycles.